The molecule has 2 heterocycles. The van der Waals surface area contributed by atoms with Gasteiger partial charge >= 0.3 is 0 Å². The molecule has 0 saturated carbocycles. The van der Waals surface area contributed by atoms with E-state index in [0.717, 1.165) is 11.3 Å². The molecule has 29 heavy (non-hydrogen) atoms. The highest BCUT2D eigenvalue weighted by Gasteiger charge is 2.31. The number of nitrogens with one attached hydrogen (secondary N) is 1. The first-order valence-corrected chi connectivity index (χ1v) is 9.62. The SMILES string of the molecule is O=C(Cc1cccc(F)c1)NCC(=O)N1CCn2cccc2C1c1ccccc1. The second kappa shape index (κ2) is 8.31. The molecule has 0 bridgehead atoms. The molecule has 0 saturated heterocycles. The van der Waals surface area contributed by atoms with E-state index in [0.29, 0.717) is 18.7 Å². The van der Waals surface area contributed by atoms with Gasteiger partial charge in [-0.15, -0.1) is 0 Å². The predicted octanol–water partition coefficient (Wildman–Crippen LogP) is 2.92. The van der Waals surface area contributed by atoms with Crippen LogP contribution in [-0.2, 0) is 22.6 Å². The van der Waals surface area contributed by atoms with Crippen molar-refractivity contribution in [3.63, 3.8) is 0 Å². The lowest BCUT2D eigenvalue weighted by atomic mass is 10.00. The first-order chi connectivity index (χ1) is 14.1. The second-order valence-electron chi connectivity index (χ2n) is 7.11. The summed E-state index contributed by atoms with van der Waals surface area (Å²) >= 11 is 0. The van der Waals surface area contributed by atoms with Crippen LogP contribution >= 0.6 is 0 Å². The van der Waals surface area contributed by atoms with Crippen molar-refractivity contribution in [2.45, 2.75) is 19.0 Å². The van der Waals surface area contributed by atoms with Crippen LogP contribution in [0.2, 0.25) is 0 Å². The Bertz CT molecular complexity index is 1020. The van der Waals surface area contributed by atoms with E-state index in [1.165, 1.54) is 12.1 Å². The van der Waals surface area contributed by atoms with Crippen molar-refractivity contribution in [1.82, 2.24) is 14.8 Å². The Hall–Kier alpha value is -3.41. The average molecular weight is 391 g/mol. The molecule has 0 aliphatic carbocycles. The Morgan fingerprint density at radius 3 is 2.62 bits per heavy atom. The minimum absolute atomic E-state index is 0.0377. The largest absolute Gasteiger partial charge is 0.348 e. The molecule has 148 valence electrons. The molecular formula is C23H22FN3O2. The maximum absolute atomic E-state index is 13.3. The Morgan fingerprint density at radius 2 is 1.83 bits per heavy atom. The number of benzene rings is 2. The van der Waals surface area contributed by atoms with Gasteiger partial charge in [0.25, 0.3) is 0 Å². The maximum atomic E-state index is 13.3. The average Bonchev–Trinajstić information content (AvgIpc) is 3.21. The summed E-state index contributed by atoms with van der Waals surface area (Å²) in [4.78, 5) is 27.0. The molecule has 1 atom stereocenters. The monoisotopic (exact) mass is 391 g/mol. The van der Waals surface area contributed by atoms with Crippen LogP contribution in [0.25, 0.3) is 0 Å². The molecule has 0 spiro atoms. The first kappa shape index (κ1) is 18.9. The molecule has 1 unspecified atom stereocenters. The standard InChI is InChI=1S/C23H22FN3O2/c24-19-9-4-6-17(14-19)15-21(28)25-16-22(29)27-13-12-26-11-5-10-20(26)23(27)18-7-2-1-3-8-18/h1-11,14,23H,12-13,15-16H2,(H,25,28). The van der Waals surface area contributed by atoms with Crippen LogP contribution in [0, 0.1) is 5.82 Å². The molecule has 1 aliphatic heterocycles. The van der Waals surface area contributed by atoms with Crippen LogP contribution < -0.4 is 5.32 Å². The maximum Gasteiger partial charge on any atom is 0.242 e. The van der Waals surface area contributed by atoms with E-state index in [-0.39, 0.29) is 36.6 Å². The fourth-order valence-corrected chi connectivity index (χ4v) is 3.81. The van der Waals surface area contributed by atoms with Gasteiger partial charge in [-0.05, 0) is 35.4 Å². The lowest BCUT2D eigenvalue weighted by Crippen LogP contribution is -2.46. The van der Waals surface area contributed by atoms with Gasteiger partial charge in [0.05, 0.1) is 19.0 Å². The van der Waals surface area contributed by atoms with Gasteiger partial charge < -0.3 is 14.8 Å². The van der Waals surface area contributed by atoms with E-state index >= 15 is 0 Å². The third-order valence-electron chi connectivity index (χ3n) is 5.16. The summed E-state index contributed by atoms with van der Waals surface area (Å²) in [5.41, 5.74) is 2.67. The molecule has 6 heteroatoms. The number of amides is 2. The lowest BCUT2D eigenvalue weighted by Gasteiger charge is -2.37. The van der Waals surface area contributed by atoms with E-state index in [2.05, 4.69) is 9.88 Å². The summed E-state index contributed by atoms with van der Waals surface area (Å²) in [6.45, 7) is 1.20. The molecule has 5 nitrogen and oxygen atoms in total. The zero-order chi connectivity index (χ0) is 20.2. The fraction of sp³-hybridized carbons (Fsp3) is 0.217. The second-order valence-corrected chi connectivity index (χ2v) is 7.11. The third kappa shape index (κ3) is 4.21. The highest BCUT2D eigenvalue weighted by molar-refractivity contribution is 5.86. The van der Waals surface area contributed by atoms with Gasteiger partial charge in [-0.25, -0.2) is 4.39 Å². The molecule has 0 fully saturated rings. The van der Waals surface area contributed by atoms with Gasteiger partial charge in [0.15, 0.2) is 0 Å². The summed E-state index contributed by atoms with van der Waals surface area (Å²) < 4.78 is 15.4. The number of carbonyl (C=O) groups is 2. The number of nitrogens with zero attached hydrogens (tertiary/aromatic N) is 2. The molecular weight excluding hydrogens is 369 g/mol. The van der Waals surface area contributed by atoms with Crippen LogP contribution in [0.1, 0.15) is 22.9 Å². The molecule has 2 aromatic carbocycles. The lowest BCUT2D eigenvalue weighted by molar-refractivity contribution is -0.135. The van der Waals surface area contributed by atoms with E-state index in [4.69, 9.17) is 0 Å². The van der Waals surface area contributed by atoms with Crippen LogP contribution in [0.5, 0.6) is 0 Å². The molecule has 4 rings (SSSR count). The van der Waals surface area contributed by atoms with Crippen LogP contribution in [0.3, 0.4) is 0 Å². The van der Waals surface area contributed by atoms with Crippen LogP contribution in [-0.4, -0.2) is 34.4 Å². The van der Waals surface area contributed by atoms with E-state index < -0.39 is 0 Å². The van der Waals surface area contributed by atoms with Gasteiger partial charge in [-0.2, -0.15) is 0 Å². The number of halogens is 1. The zero-order valence-corrected chi connectivity index (χ0v) is 15.9. The number of fused-ring (bicyclic) bond motifs is 1. The summed E-state index contributed by atoms with van der Waals surface area (Å²) in [7, 11) is 0. The first-order valence-electron chi connectivity index (χ1n) is 9.62. The van der Waals surface area contributed by atoms with Gasteiger partial charge in [0.2, 0.25) is 11.8 Å². The smallest absolute Gasteiger partial charge is 0.242 e. The molecule has 1 aliphatic rings. The predicted molar refractivity (Wildman–Crippen MR) is 108 cm³/mol. The highest BCUT2D eigenvalue weighted by atomic mass is 19.1. The molecule has 1 aromatic heterocycles. The van der Waals surface area contributed by atoms with E-state index in [9.17, 15) is 14.0 Å². The number of rotatable bonds is 5. The fourth-order valence-electron chi connectivity index (χ4n) is 3.81. The van der Waals surface area contributed by atoms with Gasteiger partial charge in [-0.3, -0.25) is 9.59 Å². The minimum Gasteiger partial charge on any atom is -0.348 e. The number of carbonyl (C=O) groups excluding carboxylic acids is 2. The van der Waals surface area contributed by atoms with Crippen molar-refractivity contribution in [3.05, 3.63) is 95.6 Å². The molecule has 3 aromatic rings. The number of aromatic nitrogens is 1. The summed E-state index contributed by atoms with van der Waals surface area (Å²) in [6.07, 6.45) is 2.06. The highest BCUT2D eigenvalue weighted by Crippen LogP contribution is 2.32. The van der Waals surface area contributed by atoms with Gasteiger partial charge in [0, 0.05) is 25.0 Å². The quantitative estimate of drug-likeness (QED) is 0.727. The molecule has 1 N–H and O–H groups in total. The van der Waals surface area contributed by atoms with Crippen LogP contribution in [0.15, 0.2) is 72.9 Å². The van der Waals surface area contributed by atoms with Gasteiger partial charge in [-0.1, -0.05) is 42.5 Å². The normalized spacial score (nSPS) is 15.6. The van der Waals surface area contributed by atoms with Crippen molar-refractivity contribution in [3.8, 4) is 0 Å². The van der Waals surface area contributed by atoms with E-state index in [1.54, 1.807) is 12.1 Å². The van der Waals surface area contributed by atoms with Crippen molar-refractivity contribution in [1.29, 1.82) is 0 Å². The Morgan fingerprint density at radius 1 is 1.00 bits per heavy atom. The van der Waals surface area contributed by atoms with Gasteiger partial charge in [0.1, 0.15) is 5.82 Å². The Kier molecular flexibility index (Phi) is 5.42. The van der Waals surface area contributed by atoms with Crippen molar-refractivity contribution >= 4 is 11.8 Å². The molecule has 2 amide bonds. The zero-order valence-electron chi connectivity index (χ0n) is 15.9. The van der Waals surface area contributed by atoms with Crippen molar-refractivity contribution < 1.29 is 14.0 Å². The minimum atomic E-state index is -0.381. The molecule has 0 radical (unpaired) electrons. The van der Waals surface area contributed by atoms with E-state index in [1.807, 2.05) is 53.6 Å². The topological polar surface area (TPSA) is 54.3 Å². The Labute approximate surface area is 168 Å². The van der Waals surface area contributed by atoms with Crippen LogP contribution in [0.4, 0.5) is 4.39 Å². The Balaban J connectivity index is 1.45. The van der Waals surface area contributed by atoms with Crippen molar-refractivity contribution in [2.75, 3.05) is 13.1 Å². The summed E-state index contributed by atoms with van der Waals surface area (Å²) in [5.74, 6) is -0.826. The number of hydrogen-bond donors (Lipinski definition) is 1. The van der Waals surface area contributed by atoms with Crippen molar-refractivity contribution in [2.24, 2.45) is 0 Å². The summed E-state index contributed by atoms with van der Waals surface area (Å²) in [6, 6.07) is 19.6. The third-order valence-corrected chi connectivity index (χ3v) is 5.16. The summed E-state index contributed by atoms with van der Waals surface area (Å²) in [5, 5.41) is 2.68. The number of hydrogen-bond acceptors (Lipinski definition) is 2.